The highest BCUT2D eigenvalue weighted by Gasteiger charge is 1.96. The zero-order valence-electron chi connectivity index (χ0n) is 9.44. The summed E-state index contributed by atoms with van der Waals surface area (Å²) in [5.74, 6) is 0.270. The third kappa shape index (κ3) is 9.24. The van der Waals surface area contributed by atoms with E-state index in [2.05, 4.69) is 19.6 Å². The first-order valence-corrected chi connectivity index (χ1v) is 5.17. The Bertz CT molecular complexity index is 219. The summed E-state index contributed by atoms with van der Waals surface area (Å²) in [6.45, 7) is 11.4. The van der Waals surface area contributed by atoms with Crippen LogP contribution in [0.5, 0.6) is 0 Å². The maximum absolute atomic E-state index is 10.7. The molecule has 0 rings (SSSR count). The number of rotatable bonds is 7. The molecule has 0 aromatic rings. The lowest BCUT2D eigenvalue weighted by Crippen LogP contribution is -1.90. The predicted molar refractivity (Wildman–Crippen MR) is 62.0 cm³/mol. The lowest BCUT2D eigenvalue weighted by atomic mass is 10.0. The molecule has 14 heavy (non-hydrogen) atoms. The SMILES string of the molecule is [CH2]/C(C)=C/CCC(=C)CCCC(C)=O. The molecule has 0 aliphatic rings. The molecule has 0 amide bonds. The fourth-order valence-electron chi connectivity index (χ4n) is 1.24. The molecular weight excluding hydrogens is 172 g/mol. The maximum Gasteiger partial charge on any atom is 0.129 e. The molecule has 0 unspecified atom stereocenters. The average Bonchev–Trinajstić information content (AvgIpc) is 2.02. The van der Waals surface area contributed by atoms with E-state index in [1.807, 2.05) is 6.92 Å². The number of carbonyl (C=O) groups is 1. The molecule has 0 heterocycles. The largest absolute Gasteiger partial charge is 0.300 e. The lowest BCUT2D eigenvalue weighted by molar-refractivity contribution is -0.117. The van der Waals surface area contributed by atoms with Gasteiger partial charge in [0.15, 0.2) is 0 Å². The molecule has 0 bridgehead atoms. The third-order valence-corrected chi connectivity index (χ3v) is 2.05. The van der Waals surface area contributed by atoms with Crippen molar-refractivity contribution < 1.29 is 4.79 Å². The van der Waals surface area contributed by atoms with E-state index in [0.29, 0.717) is 6.42 Å². The summed E-state index contributed by atoms with van der Waals surface area (Å²) >= 11 is 0. The first kappa shape index (κ1) is 13.2. The highest BCUT2D eigenvalue weighted by Crippen LogP contribution is 2.12. The molecule has 1 radical (unpaired) electrons. The fourth-order valence-corrected chi connectivity index (χ4v) is 1.24. The molecule has 1 heteroatoms. The molecule has 0 N–H and O–H groups in total. The van der Waals surface area contributed by atoms with Gasteiger partial charge in [0.05, 0.1) is 0 Å². The number of ketones is 1. The van der Waals surface area contributed by atoms with Crippen molar-refractivity contribution in [2.24, 2.45) is 0 Å². The molecule has 1 nitrogen and oxygen atoms in total. The molecule has 79 valence electrons. The highest BCUT2D eigenvalue weighted by atomic mass is 16.1. The number of hydrogen-bond acceptors (Lipinski definition) is 1. The normalized spacial score (nSPS) is 11.5. The van der Waals surface area contributed by atoms with Gasteiger partial charge in [-0.15, -0.1) is 0 Å². The van der Waals surface area contributed by atoms with Crippen molar-refractivity contribution in [3.8, 4) is 0 Å². The van der Waals surface area contributed by atoms with Crippen LogP contribution >= 0.6 is 0 Å². The van der Waals surface area contributed by atoms with Gasteiger partial charge >= 0.3 is 0 Å². The number of Topliss-reactive ketones (excluding diaryl/α,β-unsaturated/α-hetero) is 1. The Morgan fingerprint density at radius 3 is 2.36 bits per heavy atom. The molecule has 0 saturated heterocycles. The molecule has 0 aliphatic carbocycles. The van der Waals surface area contributed by atoms with Crippen molar-refractivity contribution in [1.82, 2.24) is 0 Å². The van der Waals surface area contributed by atoms with Crippen LogP contribution in [0.4, 0.5) is 0 Å². The van der Waals surface area contributed by atoms with E-state index in [9.17, 15) is 4.79 Å². The molecule has 0 aromatic carbocycles. The van der Waals surface area contributed by atoms with Crippen LogP contribution in [0, 0.1) is 6.92 Å². The molecule has 0 fully saturated rings. The predicted octanol–water partition coefficient (Wildman–Crippen LogP) is 3.86. The summed E-state index contributed by atoms with van der Waals surface area (Å²) in [5.41, 5.74) is 2.35. The van der Waals surface area contributed by atoms with Crippen LogP contribution in [0.1, 0.15) is 46.0 Å². The summed E-state index contributed by atoms with van der Waals surface area (Å²) in [5, 5.41) is 0. The minimum atomic E-state index is 0.270. The van der Waals surface area contributed by atoms with Gasteiger partial charge in [0.25, 0.3) is 0 Å². The Hall–Kier alpha value is -0.850. The number of hydrogen-bond donors (Lipinski definition) is 0. The van der Waals surface area contributed by atoms with Crippen LogP contribution in [0.2, 0.25) is 0 Å². The van der Waals surface area contributed by atoms with Gasteiger partial charge in [-0.25, -0.2) is 0 Å². The van der Waals surface area contributed by atoms with E-state index >= 15 is 0 Å². The Kier molecular flexibility index (Phi) is 7.09. The summed E-state index contributed by atoms with van der Waals surface area (Å²) in [7, 11) is 0. The summed E-state index contributed by atoms with van der Waals surface area (Å²) in [6.07, 6.45) is 6.77. The van der Waals surface area contributed by atoms with Crippen LogP contribution in [0.25, 0.3) is 0 Å². The molecule has 0 aromatic heterocycles. The van der Waals surface area contributed by atoms with Crippen LogP contribution in [0.3, 0.4) is 0 Å². The molecule has 0 saturated carbocycles. The van der Waals surface area contributed by atoms with Gasteiger partial charge in [-0.2, -0.15) is 0 Å². The second-order valence-electron chi connectivity index (χ2n) is 3.89. The van der Waals surface area contributed by atoms with Crippen LogP contribution in [0.15, 0.2) is 23.8 Å². The second-order valence-corrected chi connectivity index (χ2v) is 3.89. The van der Waals surface area contributed by atoms with Gasteiger partial charge < -0.3 is 4.79 Å². The standard InChI is InChI=1S/C13H21O/c1-11(2)7-5-8-12(3)9-6-10-13(4)14/h7H,1,3,5-6,8-10H2,2,4H3/b11-7-. The molecule has 0 aliphatic heterocycles. The van der Waals surface area contributed by atoms with Gasteiger partial charge in [-0.3, -0.25) is 0 Å². The van der Waals surface area contributed by atoms with Gasteiger partial charge in [0.2, 0.25) is 0 Å². The Morgan fingerprint density at radius 2 is 1.86 bits per heavy atom. The van der Waals surface area contributed by atoms with E-state index in [1.165, 1.54) is 5.57 Å². The minimum Gasteiger partial charge on any atom is -0.300 e. The van der Waals surface area contributed by atoms with Crippen LogP contribution < -0.4 is 0 Å². The van der Waals surface area contributed by atoms with E-state index in [4.69, 9.17) is 0 Å². The van der Waals surface area contributed by atoms with E-state index < -0.39 is 0 Å². The minimum absolute atomic E-state index is 0.270. The first-order chi connectivity index (χ1) is 6.52. The zero-order chi connectivity index (χ0) is 11.0. The van der Waals surface area contributed by atoms with E-state index in [-0.39, 0.29) is 5.78 Å². The fraction of sp³-hybridized carbons (Fsp3) is 0.538. The number of carbonyl (C=O) groups excluding carboxylic acids is 1. The summed E-state index contributed by atoms with van der Waals surface area (Å²) in [4.78, 5) is 10.7. The summed E-state index contributed by atoms with van der Waals surface area (Å²) < 4.78 is 0. The highest BCUT2D eigenvalue weighted by molar-refractivity contribution is 5.75. The number of allylic oxidation sites excluding steroid dienone is 3. The lowest BCUT2D eigenvalue weighted by Gasteiger charge is -2.02. The van der Waals surface area contributed by atoms with Gasteiger partial charge in [-0.05, 0) is 46.5 Å². The van der Waals surface area contributed by atoms with Crippen molar-refractivity contribution in [2.75, 3.05) is 0 Å². The van der Waals surface area contributed by atoms with Crippen molar-refractivity contribution >= 4 is 5.78 Å². The van der Waals surface area contributed by atoms with Crippen LogP contribution in [-0.4, -0.2) is 5.78 Å². The zero-order valence-corrected chi connectivity index (χ0v) is 9.44. The molecule has 0 atom stereocenters. The van der Waals surface area contributed by atoms with Crippen molar-refractivity contribution in [3.63, 3.8) is 0 Å². The van der Waals surface area contributed by atoms with Crippen LogP contribution in [-0.2, 0) is 4.79 Å². The molecular formula is C13H21O. The topological polar surface area (TPSA) is 17.1 Å². The maximum atomic E-state index is 10.7. The Morgan fingerprint density at radius 1 is 1.21 bits per heavy atom. The molecule has 0 spiro atoms. The van der Waals surface area contributed by atoms with Crippen molar-refractivity contribution in [1.29, 1.82) is 0 Å². The quantitative estimate of drug-likeness (QED) is 0.561. The van der Waals surface area contributed by atoms with Crippen molar-refractivity contribution in [2.45, 2.75) is 46.0 Å². The first-order valence-electron chi connectivity index (χ1n) is 5.17. The Balaban J connectivity index is 3.47. The second kappa shape index (κ2) is 7.54. The van der Waals surface area contributed by atoms with Gasteiger partial charge in [0, 0.05) is 6.42 Å². The van der Waals surface area contributed by atoms with E-state index in [0.717, 1.165) is 31.3 Å². The van der Waals surface area contributed by atoms with E-state index in [1.54, 1.807) is 6.92 Å². The Labute approximate surface area is 87.9 Å². The third-order valence-electron chi connectivity index (χ3n) is 2.05. The monoisotopic (exact) mass is 193 g/mol. The van der Waals surface area contributed by atoms with Gasteiger partial charge in [-0.1, -0.05) is 23.8 Å². The smallest absolute Gasteiger partial charge is 0.129 e. The summed E-state index contributed by atoms with van der Waals surface area (Å²) in [6, 6.07) is 0. The van der Waals surface area contributed by atoms with Crippen molar-refractivity contribution in [3.05, 3.63) is 30.7 Å². The average molecular weight is 193 g/mol. The van der Waals surface area contributed by atoms with Gasteiger partial charge in [0.1, 0.15) is 5.78 Å².